The van der Waals surface area contributed by atoms with Gasteiger partial charge in [-0.2, -0.15) is 0 Å². The van der Waals surface area contributed by atoms with E-state index in [1.165, 1.54) is 0 Å². The van der Waals surface area contributed by atoms with Gasteiger partial charge in [-0.3, -0.25) is 10.1 Å². The van der Waals surface area contributed by atoms with E-state index in [0.29, 0.717) is 13.2 Å². The number of hydrogen-bond donors (Lipinski definition) is 2. The zero-order valence-corrected chi connectivity index (χ0v) is 6.17. The number of fused-ring (bicyclic) bond motifs is 1. The van der Waals surface area contributed by atoms with Crippen molar-refractivity contribution in [3.63, 3.8) is 0 Å². The molecule has 62 valence electrons. The Morgan fingerprint density at radius 3 is 3.18 bits per heavy atom. The fourth-order valence-electron chi connectivity index (χ4n) is 1.93. The van der Waals surface area contributed by atoms with Crippen LogP contribution in [0.5, 0.6) is 0 Å². The summed E-state index contributed by atoms with van der Waals surface area (Å²) in [6.07, 6.45) is 0.923. The largest absolute Gasteiger partial charge is 0.480 e. The molecule has 2 saturated heterocycles. The van der Waals surface area contributed by atoms with Gasteiger partial charge in [0.15, 0.2) is 0 Å². The molecule has 2 aliphatic heterocycles. The molecule has 0 bridgehead atoms. The minimum absolute atomic E-state index is 0.181. The Labute approximate surface area is 64.5 Å². The van der Waals surface area contributed by atoms with Crippen LogP contribution in [0.1, 0.15) is 6.42 Å². The van der Waals surface area contributed by atoms with Crippen molar-refractivity contribution in [1.82, 2.24) is 5.32 Å². The predicted octanol–water partition coefficient (Wildman–Crippen LogP) is -0.551. The molecule has 2 N–H and O–H groups in total. The number of nitrogens with one attached hydrogen (secondary N) is 1. The van der Waals surface area contributed by atoms with E-state index in [-0.39, 0.29) is 5.92 Å². The van der Waals surface area contributed by atoms with Gasteiger partial charge in [0.25, 0.3) is 0 Å². The van der Waals surface area contributed by atoms with Crippen molar-refractivity contribution in [2.75, 3.05) is 19.8 Å². The Kier molecular flexibility index (Phi) is 1.40. The highest BCUT2D eigenvalue weighted by molar-refractivity contribution is 5.80. The van der Waals surface area contributed by atoms with E-state index >= 15 is 0 Å². The van der Waals surface area contributed by atoms with E-state index in [9.17, 15) is 4.79 Å². The summed E-state index contributed by atoms with van der Waals surface area (Å²) in [6.45, 7) is 1.73. The van der Waals surface area contributed by atoms with Gasteiger partial charge in [-0.05, 0) is 13.0 Å². The van der Waals surface area contributed by atoms with Crippen LogP contribution in [-0.4, -0.2) is 36.4 Å². The topological polar surface area (TPSA) is 58.6 Å². The van der Waals surface area contributed by atoms with E-state index in [4.69, 9.17) is 9.84 Å². The summed E-state index contributed by atoms with van der Waals surface area (Å²) >= 11 is 0. The molecule has 2 atom stereocenters. The molecular formula is C7H11NO3. The normalized spacial score (nSPS) is 42.4. The Hall–Kier alpha value is -0.610. The van der Waals surface area contributed by atoms with Gasteiger partial charge in [0.05, 0.1) is 13.2 Å². The van der Waals surface area contributed by atoms with Gasteiger partial charge in [0.1, 0.15) is 5.54 Å². The summed E-state index contributed by atoms with van der Waals surface area (Å²) in [7, 11) is 0. The molecule has 0 amide bonds. The average molecular weight is 157 g/mol. The van der Waals surface area contributed by atoms with Gasteiger partial charge in [0.2, 0.25) is 0 Å². The number of ether oxygens (including phenoxy) is 1. The number of carboxylic acid groups (broad SMARTS) is 1. The molecule has 4 heteroatoms. The third-order valence-corrected chi connectivity index (χ3v) is 2.66. The van der Waals surface area contributed by atoms with E-state index < -0.39 is 11.5 Å². The first-order valence-electron chi connectivity index (χ1n) is 3.82. The van der Waals surface area contributed by atoms with E-state index in [1.54, 1.807) is 0 Å². The lowest BCUT2D eigenvalue weighted by Crippen LogP contribution is -2.52. The minimum Gasteiger partial charge on any atom is -0.480 e. The lowest BCUT2D eigenvalue weighted by atomic mass is 9.89. The van der Waals surface area contributed by atoms with Crippen LogP contribution >= 0.6 is 0 Å². The Morgan fingerprint density at radius 1 is 1.73 bits per heavy atom. The SMILES string of the molecule is O=C(O)C12COCC1CCN2. The third-order valence-electron chi connectivity index (χ3n) is 2.66. The Bertz CT molecular complexity index is 182. The Morgan fingerprint density at radius 2 is 2.55 bits per heavy atom. The fourth-order valence-corrected chi connectivity index (χ4v) is 1.93. The van der Waals surface area contributed by atoms with Crippen molar-refractivity contribution in [2.45, 2.75) is 12.0 Å². The second kappa shape index (κ2) is 2.19. The number of hydrogen-bond acceptors (Lipinski definition) is 3. The molecule has 2 fully saturated rings. The molecular weight excluding hydrogens is 146 g/mol. The maximum absolute atomic E-state index is 10.9. The highest BCUT2D eigenvalue weighted by atomic mass is 16.5. The van der Waals surface area contributed by atoms with Crippen molar-refractivity contribution in [2.24, 2.45) is 5.92 Å². The maximum Gasteiger partial charge on any atom is 0.326 e. The van der Waals surface area contributed by atoms with Crippen LogP contribution in [-0.2, 0) is 9.53 Å². The molecule has 0 aromatic heterocycles. The summed E-state index contributed by atoms with van der Waals surface area (Å²) in [5.41, 5.74) is -0.750. The van der Waals surface area contributed by atoms with Crippen molar-refractivity contribution < 1.29 is 14.6 Å². The molecule has 11 heavy (non-hydrogen) atoms. The average Bonchev–Trinajstić information content (AvgIpc) is 2.40. The summed E-state index contributed by atoms with van der Waals surface area (Å²) in [6, 6.07) is 0. The molecule has 0 aromatic rings. The van der Waals surface area contributed by atoms with E-state index in [1.807, 2.05) is 0 Å². The predicted molar refractivity (Wildman–Crippen MR) is 37.3 cm³/mol. The fraction of sp³-hybridized carbons (Fsp3) is 0.857. The van der Waals surface area contributed by atoms with Crippen LogP contribution < -0.4 is 5.32 Å². The van der Waals surface area contributed by atoms with Crippen molar-refractivity contribution in [1.29, 1.82) is 0 Å². The van der Waals surface area contributed by atoms with Gasteiger partial charge in [-0.1, -0.05) is 0 Å². The van der Waals surface area contributed by atoms with Gasteiger partial charge in [-0.15, -0.1) is 0 Å². The maximum atomic E-state index is 10.9. The summed E-state index contributed by atoms with van der Waals surface area (Å²) in [5.74, 6) is -0.586. The van der Waals surface area contributed by atoms with Crippen molar-refractivity contribution in [3.8, 4) is 0 Å². The zero-order chi connectivity index (χ0) is 7.90. The highest BCUT2D eigenvalue weighted by Crippen LogP contribution is 2.32. The molecule has 2 heterocycles. The lowest BCUT2D eigenvalue weighted by molar-refractivity contribution is -0.145. The highest BCUT2D eigenvalue weighted by Gasteiger charge is 2.53. The first-order valence-corrected chi connectivity index (χ1v) is 3.82. The monoisotopic (exact) mass is 157 g/mol. The number of rotatable bonds is 1. The summed E-state index contributed by atoms with van der Waals surface area (Å²) < 4.78 is 5.13. The molecule has 0 aliphatic carbocycles. The first kappa shape index (κ1) is 7.06. The van der Waals surface area contributed by atoms with Gasteiger partial charge in [0, 0.05) is 5.92 Å². The van der Waals surface area contributed by atoms with Crippen molar-refractivity contribution >= 4 is 5.97 Å². The second-order valence-electron chi connectivity index (χ2n) is 3.20. The van der Waals surface area contributed by atoms with Crippen LogP contribution in [0.2, 0.25) is 0 Å². The molecule has 0 aromatic carbocycles. The summed E-state index contributed by atoms with van der Waals surface area (Å²) in [5, 5.41) is 11.9. The molecule has 0 spiro atoms. The standard InChI is InChI=1S/C7H11NO3/c9-6(10)7-4-11-3-5(7)1-2-8-7/h5,8H,1-4H2,(H,9,10). The molecule has 2 unspecified atom stereocenters. The molecule has 0 saturated carbocycles. The molecule has 2 rings (SSSR count). The quantitative estimate of drug-likeness (QED) is 0.536. The van der Waals surface area contributed by atoms with Gasteiger partial charge < -0.3 is 9.84 Å². The smallest absolute Gasteiger partial charge is 0.326 e. The number of carbonyl (C=O) groups is 1. The van der Waals surface area contributed by atoms with Crippen LogP contribution in [0.15, 0.2) is 0 Å². The Balaban J connectivity index is 2.26. The third kappa shape index (κ3) is 0.795. The van der Waals surface area contributed by atoms with Crippen LogP contribution in [0.3, 0.4) is 0 Å². The van der Waals surface area contributed by atoms with E-state index in [2.05, 4.69) is 5.32 Å². The zero-order valence-electron chi connectivity index (χ0n) is 6.17. The lowest BCUT2D eigenvalue weighted by Gasteiger charge is -2.21. The molecule has 0 radical (unpaired) electrons. The second-order valence-corrected chi connectivity index (χ2v) is 3.20. The van der Waals surface area contributed by atoms with Crippen LogP contribution in [0.4, 0.5) is 0 Å². The first-order chi connectivity index (χ1) is 5.26. The summed E-state index contributed by atoms with van der Waals surface area (Å²) in [4.78, 5) is 10.9. The molecule has 4 nitrogen and oxygen atoms in total. The van der Waals surface area contributed by atoms with Crippen molar-refractivity contribution in [3.05, 3.63) is 0 Å². The minimum atomic E-state index is -0.766. The van der Waals surface area contributed by atoms with Crippen LogP contribution in [0, 0.1) is 5.92 Å². The molecule has 2 aliphatic rings. The number of aliphatic carboxylic acids is 1. The van der Waals surface area contributed by atoms with Gasteiger partial charge >= 0.3 is 5.97 Å². The van der Waals surface area contributed by atoms with Crippen LogP contribution in [0.25, 0.3) is 0 Å². The van der Waals surface area contributed by atoms with Gasteiger partial charge in [-0.25, -0.2) is 0 Å². The van der Waals surface area contributed by atoms with E-state index in [0.717, 1.165) is 13.0 Å². The number of carboxylic acids is 1.